The molecule has 2 rings (SSSR count). The molecular formula is C17H23BrN2S. The number of benzene rings is 1. The highest BCUT2D eigenvalue weighted by atomic mass is 79.9. The Morgan fingerprint density at radius 1 is 1.24 bits per heavy atom. The molecule has 0 aliphatic heterocycles. The van der Waals surface area contributed by atoms with Gasteiger partial charge in [0, 0.05) is 21.5 Å². The lowest BCUT2D eigenvalue weighted by atomic mass is 10.1. The monoisotopic (exact) mass is 366 g/mol. The van der Waals surface area contributed by atoms with Gasteiger partial charge in [0.25, 0.3) is 0 Å². The highest BCUT2D eigenvalue weighted by Gasteiger charge is 2.13. The molecule has 0 saturated carbocycles. The number of hydrogen-bond acceptors (Lipinski definition) is 3. The molecule has 1 heterocycles. The van der Waals surface area contributed by atoms with E-state index >= 15 is 0 Å². The largest absolute Gasteiger partial charge is 0.312 e. The van der Waals surface area contributed by atoms with Crippen LogP contribution in [0.3, 0.4) is 0 Å². The van der Waals surface area contributed by atoms with Crippen molar-refractivity contribution in [3.05, 3.63) is 38.8 Å². The Balaban J connectivity index is 2.29. The topological polar surface area (TPSA) is 24.9 Å². The van der Waals surface area contributed by atoms with Crippen LogP contribution in [-0.4, -0.2) is 11.5 Å². The third-order valence-electron chi connectivity index (χ3n) is 3.33. The fraction of sp³-hybridized carbons (Fsp3) is 0.471. The molecule has 2 nitrogen and oxygen atoms in total. The number of thiazole rings is 1. The fourth-order valence-corrected chi connectivity index (χ4v) is 4.17. The van der Waals surface area contributed by atoms with E-state index in [1.165, 1.54) is 21.7 Å². The summed E-state index contributed by atoms with van der Waals surface area (Å²) in [6.07, 6.45) is 3.36. The van der Waals surface area contributed by atoms with Crippen molar-refractivity contribution in [1.82, 2.24) is 10.3 Å². The molecule has 2 aromatic rings. The van der Waals surface area contributed by atoms with Gasteiger partial charge in [0.2, 0.25) is 0 Å². The van der Waals surface area contributed by atoms with Crippen LogP contribution in [-0.2, 0) is 13.0 Å². The van der Waals surface area contributed by atoms with Crippen molar-refractivity contribution >= 4 is 27.3 Å². The molecule has 0 amide bonds. The quantitative estimate of drug-likeness (QED) is 0.669. The summed E-state index contributed by atoms with van der Waals surface area (Å²) >= 11 is 5.49. The number of nitrogens with one attached hydrogen (secondary N) is 1. The van der Waals surface area contributed by atoms with Gasteiger partial charge in [-0.15, -0.1) is 11.3 Å². The van der Waals surface area contributed by atoms with Crippen molar-refractivity contribution in [2.75, 3.05) is 6.54 Å². The zero-order valence-corrected chi connectivity index (χ0v) is 15.4. The molecule has 0 aliphatic carbocycles. The molecule has 1 aromatic heterocycles. The maximum absolute atomic E-state index is 4.89. The minimum absolute atomic E-state index is 0.935. The minimum Gasteiger partial charge on any atom is -0.312 e. The first kappa shape index (κ1) is 16.7. The van der Waals surface area contributed by atoms with Crippen molar-refractivity contribution in [3.8, 4) is 10.6 Å². The van der Waals surface area contributed by atoms with Crippen LogP contribution in [0.25, 0.3) is 10.6 Å². The molecule has 4 heteroatoms. The van der Waals surface area contributed by atoms with E-state index in [4.69, 9.17) is 4.98 Å². The van der Waals surface area contributed by atoms with Crippen molar-refractivity contribution in [2.45, 2.75) is 46.6 Å². The van der Waals surface area contributed by atoms with Crippen LogP contribution >= 0.6 is 27.3 Å². The Bertz CT molecular complexity index is 592. The Morgan fingerprint density at radius 2 is 2.05 bits per heavy atom. The van der Waals surface area contributed by atoms with Gasteiger partial charge < -0.3 is 5.32 Å². The average molecular weight is 367 g/mol. The second-order valence-electron chi connectivity index (χ2n) is 5.30. The summed E-state index contributed by atoms with van der Waals surface area (Å²) in [7, 11) is 0. The zero-order chi connectivity index (χ0) is 15.2. The van der Waals surface area contributed by atoms with E-state index in [0.29, 0.717) is 0 Å². The van der Waals surface area contributed by atoms with Gasteiger partial charge in [-0.25, -0.2) is 4.98 Å². The van der Waals surface area contributed by atoms with Gasteiger partial charge in [-0.1, -0.05) is 48.3 Å². The molecule has 0 atom stereocenters. The van der Waals surface area contributed by atoms with E-state index in [9.17, 15) is 0 Å². The van der Waals surface area contributed by atoms with Crippen LogP contribution in [0.4, 0.5) is 0 Å². The van der Waals surface area contributed by atoms with E-state index in [2.05, 4.69) is 60.2 Å². The summed E-state index contributed by atoms with van der Waals surface area (Å²) < 4.78 is 1.13. The predicted molar refractivity (Wildman–Crippen MR) is 96.0 cm³/mol. The Hall–Kier alpha value is -0.710. The van der Waals surface area contributed by atoms with Gasteiger partial charge in [-0.05, 0) is 37.9 Å². The van der Waals surface area contributed by atoms with E-state index in [1.807, 2.05) is 11.3 Å². The standard InChI is InChI=1S/C17H23BrN2S/c1-4-6-15-16(11-19-9-5-2)21-17(20-15)13-8-7-12(3)10-14(13)18/h7-8,10,19H,4-6,9,11H2,1-3H3. The lowest BCUT2D eigenvalue weighted by Crippen LogP contribution is -2.13. The summed E-state index contributed by atoms with van der Waals surface area (Å²) in [6, 6.07) is 6.47. The van der Waals surface area contributed by atoms with Crippen molar-refractivity contribution < 1.29 is 0 Å². The second-order valence-corrected chi connectivity index (χ2v) is 7.24. The minimum atomic E-state index is 0.935. The average Bonchev–Trinajstić information content (AvgIpc) is 2.82. The third kappa shape index (κ3) is 4.38. The predicted octanol–water partition coefficient (Wildman–Crippen LogP) is 5.33. The number of hydrogen-bond donors (Lipinski definition) is 1. The van der Waals surface area contributed by atoms with E-state index in [-0.39, 0.29) is 0 Å². The highest BCUT2D eigenvalue weighted by molar-refractivity contribution is 9.10. The van der Waals surface area contributed by atoms with Gasteiger partial charge in [-0.3, -0.25) is 0 Å². The molecule has 21 heavy (non-hydrogen) atoms. The summed E-state index contributed by atoms with van der Waals surface area (Å²) in [5, 5.41) is 4.62. The number of halogens is 1. The van der Waals surface area contributed by atoms with Crippen molar-refractivity contribution in [3.63, 3.8) is 0 Å². The van der Waals surface area contributed by atoms with Gasteiger partial charge in [-0.2, -0.15) is 0 Å². The third-order valence-corrected chi connectivity index (χ3v) is 5.12. The molecule has 1 N–H and O–H groups in total. The summed E-state index contributed by atoms with van der Waals surface area (Å²) in [5.74, 6) is 0. The Kier molecular flexibility index (Phi) is 6.40. The summed E-state index contributed by atoms with van der Waals surface area (Å²) in [5.41, 5.74) is 3.72. The van der Waals surface area contributed by atoms with Crippen molar-refractivity contribution in [1.29, 1.82) is 0 Å². The van der Waals surface area contributed by atoms with Gasteiger partial charge in [0.15, 0.2) is 0 Å². The van der Waals surface area contributed by atoms with E-state index in [0.717, 1.165) is 41.8 Å². The number of aryl methyl sites for hydroxylation is 2. The maximum atomic E-state index is 4.89. The first-order valence-electron chi connectivity index (χ1n) is 7.61. The SMILES string of the molecule is CCCNCc1sc(-c2ccc(C)cc2Br)nc1CCC. The molecule has 0 unspecified atom stereocenters. The van der Waals surface area contributed by atoms with Crippen LogP contribution in [0, 0.1) is 6.92 Å². The van der Waals surface area contributed by atoms with Crippen LogP contribution < -0.4 is 5.32 Å². The number of nitrogens with zero attached hydrogens (tertiary/aromatic N) is 1. The lowest BCUT2D eigenvalue weighted by molar-refractivity contribution is 0.674. The van der Waals surface area contributed by atoms with Crippen LogP contribution in [0.2, 0.25) is 0 Å². The van der Waals surface area contributed by atoms with Gasteiger partial charge in [0.1, 0.15) is 5.01 Å². The first-order chi connectivity index (χ1) is 10.2. The van der Waals surface area contributed by atoms with Crippen LogP contribution in [0.5, 0.6) is 0 Å². The molecule has 0 spiro atoms. The van der Waals surface area contributed by atoms with Crippen LogP contribution in [0.1, 0.15) is 42.8 Å². The molecule has 0 fully saturated rings. The maximum Gasteiger partial charge on any atom is 0.125 e. The Labute approximate surface area is 140 Å². The molecule has 0 bridgehead atoms. The smallest absolute Gasteiger partial charge is 0.125 e. The second kappa shape index (κ2) is 8.06. The molecule has 114 valence electrons. The highest BCUT2D eigenvalue weighted by Crippen LogP contribution is 2.34. The normalized spacial score (nSPS) is 11.0. The fourth-order valence-electron chi connectivity index (χ4n) is 2.24. The lowest BCUT2D eigenvalue weighted by Gasteiger charge is -2.02. The first-order valence-corrected chi connectivity index (χ1v) is 9.22. The summed E-state index contributed by atoms with van der Waals surface area (Å²) in [6.45, 7) is 8.52. The number of rotatable bonds is 7. The summed E-state index contributed by atoms with van der Waals surface area (Å²) in [4.78, 5) is 6.27. The van der Waals surface area contributed by atoms with E-state index in [1.54, 1.807) is 0 Å². The molecular weight excluding hydrogens is 344 g/mol. The molecule has 1 aromatic carbocycles. The Morgan fingerprint density at radius 3 is 2.71 bits per heavy atom. The van der Waals surface area contributed by atoms with Gasteiger partial charge >= 0.3 is 0 Å². The molecule has 0 saturated heterocycles. The number of aromatic nitrogens is 1. The van der Waals surface area contributed by atoms with Crippen LogP contribution in [0.15, 0.2) is 22.7 Å². The van der Waals surface area contributed by atoms with Gasteiger partial charge in [0.05, 0.1) is 5.69 Å². The molecule has 0 radical (unpaired) electrons. The molecule has 0 aliphatic rings. The zero-order valence-electron chi connectivity index (χ0n) is 13.0. The van der Waals surface area contributed by atoms with Crippen molar-refractivity contribution in [2.24, 2.45) is 0 Å². The van der Waals surface area contributed by atoms with E-state index < -0.39 is 0 Å².